The number of ketones is 1. The lowest BCUT2D eigenvalue weighted by Gasteiger charge is -2.25. The quantitative estimate of drug-likeness (QED) is 0.252. The molecule has 1 heterocycles. The van der Waals surface area contributed by atoms with E-state index in [0.29, 0.717) is 39.4 Å². The number of Topliss-reactive ketones (excluding diaryl/α,β-unsaturated/α-hetero) is 1. The molecule has 34 heavy (non-hydrogen) atoms. The fraction of sp³-hybridized carbons (Fsp3) is 0.185. The third-order valence-electron chi connectivity index (χ3n) is 5.69. The molecule has 0 bridgehead atoms. The summed E-state index contributed by atoms with van der Waals surface area (Å²) in [5, 5.41) is 11.3. The van der Waals surface area contributed by atoms with Gasteiger partial charge in [0.15, 0.2) is 0 Å². The first-order valence-corrected chi connectivity index (χ1v) is 11.6. The van der Waals surface area contributed by atoms with Crippen LogP contribution in [0.25, 0.3) is 5.76 Å². The monoisotopic (exact) mass is 521 g/mol. The van der Waals surface area contributed by atoms with Crippen LogP contribution in [-0.2, 0) is 9.59 Å². The molecule has 1 N–H and O–H groups in total. The number of hydrogen-bond donors (Lipinski definition) is 1. The number of amides is 1. The molecule has 0 saturated carbocycles. The van der Waals surface area contributed by atoms with Crippen LogP contribution in [0.4, 0.5) is 5.69 Å². The Morgan fingerprint density at radius 2 is 1.71 bits per heavy atom. The van der Waals surface area contributed by atoms with Crippen LogP contribution in [0.15, 0.2) is 76.8 Å². The lowest BCUT2D eigenvalue weighted by molar-refractivity contribution is -0.132. The highest BCUT2D eigenvalue weighted by Crippen LogP contribution is 2.43. The molecule has 0 spiro atoms. The molecule has 1 unspecified atom stereocenters. The Hall–Kier alpha value is -3.58. The van der Waals surface area contributed by atoms with E-state index < -0.39 is 17.7 Å². The molecule has 0 aliphatic carbocycles. The molecule has 1 atom stereocenters. The predicted molar refractivity (Wildman–Crippen MR) is 134 cm³/mol. The van der Waals surface area contributed by atoms with Crippen molar-refractivity contribution in [1.29, 1.82) is 0 Å². The van der Waals surface area contributed by atoms with E-state index in [4.69, 9.17) is 9.47 Å². The number of hydrogen-bond acceptors (Lipinski definition) is 5. The second-order valence-corrected chi connectivity index (χ2v) is 8.71. The summed E-state index contributed by atoms with van der Waals surface area (Å²) in [6.07, 6.45) is 0. The van der Waals surface area contributed by atoms with E-state index in [2.05, 4.69) is 15.9 Å². The van der Waals surface area contributed by atoms with Crippen molar-refractivity contribution in [2.45, 2.75) is 19.9 Å². The molecule has 7 heteroatoms. The summed E-state index contributed by atoms with van der Waals surface area (Å²) in [5.41, 5.74) is 2.69. The largest absolute Gasteiger partial charge is 0.507 e. The molecule has 3 aromatic carbocycles. The molecule has 3 aromatic rings. The molecule has 4 rings (SSSR count). The highest BCUT2D eigenvalue weighted by atomic mass is 79.9. The Morgan fingerprint density at radius 1 is 1.03 bits per heavy atom. The third kappa shape index (κ3) is 4.31. The maximum atomic E-state index is 13.3. The molecule has 1 amide bonds. The maximum Gasteiger partial charge on any atom is 0.300 e. The minimum absolute atomic E-state index is 0.0202. The van der Waals surface area contributed by atoms with Gasteiger partial charge in [-0.1, -0.05) is 29.8 Å². The van der Waals surface area contributed by atoms with Crippen molar-refractivity contribution in [3.05, 3.63) is 93.5 Å². The van der Waals surface area contributed by atoms with Crippen LogP contribution in [0.3, 0.4) is 0 Å². The summed E-state index contributed by atoms with van der Waals surface area (Å²) in [7, 11) is 1.54. The summed E-state index contributed by atoms with van der Waals surface area (Å²) >= 11 is 3.41. The zero-order valence-corrected chi connectivity index (χ0v) is 20.6. The van der Waals surface area contributed by atoms with Gasteiger partial charge in [0, 0.05) is 11.3 Å². The van der Waals surface area contributed by atoms with E-state index in [1.165, 1.54) is 4.90 Å². The number of aryl methyl sites for hydroxylation is 1. The van der Waals surface area contributed by atoms with E-state index in [0.717, 1.165) is 5.56 Å². The van der Waals surface area contributed by atoms with Gasteiger partial charge in [-0.05, 0) is 77.8 Å². The number of aliphatic hydroxyl groups is 1. The van der Waals surface area contributed by atoms with Crippen molar-refractivity contribution in [1.82, 2.24) is 0 Å². The Labute approximate surface area is 206 Å². The van der Waals surface area contributed by atoms with Gasteiger partial charge >= 0.3 is 0 Å². The fourth-order valence-corrected chi connectivity index (χ4v) is 4.54. The number of ether oxygens (including phenoxy) is 2. The van der Waals surface area contributed by atoms with Crippen LogP contribution >= 0.6 is 15.9 Å². The molecule has 1 saturated heterocycles. The summed E-state index contributed by atoms with van der Waals surface area (Å²) in [6, 6.07) is 18.7. The zero-order chi connectivity index (χ0) is 24.4. The molecular formula is C27H24BrNO5. The summed E-state index contributed by atoms with van der Waals surface area (Å²) in [5.74, 6) is -0.437. The van der Waals surface area contributed by atoms with Gasteiger partial charge in [-0.15, -0.1) is 0 Å². The number of methoxy groups -OCH3 is 1. The van der Waals surface area contributed by atoms with Crippen LogP contribution in [-0.4, -0.2) is 30.5 Å². The molecular weight excluding hydrogens is 498 g/mol. The van der Waals surface area contributed by atoms with Gasteiger partial charge in [-0.3, -0.25) is 14.5 Å². The van der Waals surface area contributed by atoms with E-state index in [-0.39, 0.29) is 11.3 Å². The Balaban J connectivity index is 1.90. The number of anilines is 1. The third-order valence-corrected chi connectivity index (χ3v) is 6.31. The SMILES string of the molecule is CCOc1ccc(C2/C(=C(/O)c3ccc(OC)c(Br)c3)C(=O)C(=O)N2c2ccc(C)cc2)cc1. The van der Waals surface area contributed by atoms with Gasteiger partial charge in [0.25, 0.3) is 11.7 Å². The molecule has 0 radical (unpaired) electrons. The molecule has 1 fully saturated rings. The first kappa shape index (κ1) is 23.6. The first-order valence-electron chi connectivity index (χ1n) is 10.8. The van der Waals surface area contributed by atoms with E-state index in [1.807, 2.05) is 26.0 Å². The molecule has 6 nitrogen and oxygen atoms in total. The Kier molecular flexibility index (Phi) is 6.75. The van der Waals surface area contributed by atoms with Gasteiger partial charge < -0.3 is 14.6 Å². The first-order chi connectivity index (χ1) is 16.3. The average Bonchev–Trinajstić information content (AvgIpc) is 3.10. The van der Waals surface area contributed by atoms with Crippen LogP contribution in [0.1, 0.15) is 29.7 Å². The minimum atomic E-state index is -0.806. The topological polar surface area (TPSA) is 76.1 Å². The number of carbonyl (C=O) groups is 2. The lowest BCUT2D eigenvalue weighted by Crippen LogP contribution is -2.29. The number of benzene rings is 3. The molecule has 0 aromatic heterocycles. The van der Waals surface area contributed by atoms with Crippen molar-refractivity contribution in [3.8, 4) is 11.5 Å². The lowest BCUT2D eigenvalue weighted by atomic mass is 9.95. The van der Waals surface area contributed by atoms with Gasteiger partial charge in [-0.2, -0.15) is 0 Å². The van der Waals surface area contributed by atoms with Gasteiger partial charge in [0.05, 0.1) is 29.8 Å². The van der Waals surface area contributed by atoms with Crippen LogP contribution in [0.2, 0.25) is 0 Å². The van der Waals surface area contributed by atoms with Crippen molar-refractivity contribution in [3.63, 3.8) is 0 Å². The standard InChI is InChI=1S/C27H24BrNO5/c1-4-34-20-12-7-17(8-13-20)24-23(25(30)18-9-14-22(33-3)21(28)15-18)26(31)27(32)29(24)19-10-5-16(2)6-11-19/h5-15,24,30H,4H2,1-3H3/b25-23-. The summed E-state index contributed by atoms with van der Waals surface area (Å²) in [4.78, 5) is 27.9. The highest BCUT2D eigenvalue weighted by Gasteiger charge is 2.47. The van der Waals surface area contributed by atoms with Gasteiger partial charge in [-0.25, -0.2) is 0 Å². The van der Waals surface area contributed by atoms with Crippen molar-refractivity contribution in [2.75, 3.05) is 18.6 Å². The normalized spacial score (nSPS) is 17.2. The molecule has 1 aliphatic heterocycles. The molecule has 174 valence electrons. The van der Waals surface area contributed by atoms with E-state index in [9.17, 15) is 14.7 Å². The number of rotatable bonds is 6. The maximum absolute atomic E-state index is 13.3. The number of aliphatic hydroxyl groups excluding tert-OH is 1. The van der Waals surface area contributed by atoms with Crippen LogP contribution < -0.4 is 14.4 Å². The van der Waals surface area contributed by atoms with Gasteiger partial charge in [0.2, 0.25) is 0 Å². The Morgan fingerprint density at radius 3 is 2.29 bits per heavy atom. The smallest absolute Gasteiger partial charge is 0.300 e. The minimum Gasteiger partial charge on any atom is -0.507 e. The zero-order valence-electron chi connectivity index (χ0n) is 19.0. The van der Waals surface area contributed by atoms with E-state index >= 15 is 0 Å². The molecule has 1 aliphatic rings. The van der Waals surface area contributed by atoms with Crippen LogP contribution in [0.5, 0.6) is 11.5 Å². The summed E-state index contributed by atoms with van der Waals surface area (Å²) in [6.45, 7) is 4.37. The number of nitrogens with zero attached hydrogens (tertiary/aromatic N) is 1. The fourth-order valence-electron chi connectivity index (χ4n) is 4.00. The second-order valence-electron chi connectivity index (χ2n) is 7.86. The number of halogens is 1. The Bertz CT molecular complexity index is 1270. The average molecular weight is 522 g/mol. The number of carbonyl (C=O) groups excluding carboxylic acids is 2. The highest BCUT2D eigenvalue weighted by molar-refractivity contribution is 9.10. The predicted octanol–water partition coefficient (Wildman–Crippen LogP) is 5.79. The second kappa shape index (κ2) is 9.73. The van der Waals surface area contributed by atoms with Crippen molar-refractivity contribution in [2.24, 2.45) is 0 Å². The van der Waals surface area contributed by atoms with E-state index in [1.54, 1.807) is 61.7 Å². The van der Waals surface area contributed by atoms with Crippen LogP contribution in [0, 0.1) is 6.92 Å². The summed E-state index contributed by atoms with van der Waals surface area (Å²) < 4.78 is 11.4. The van der Waals surface area contributed by atoms with Crippen molar-refractivity contribution < 1.29 is 24.2 Å². The van der Waals surface area contributed by atoms with Crippen molar-refractivity contribution >= 4 is 39.1 Å². The van der Waals surface area contributed by atoms with Gasteiger partial charge in [0.1, 0.15) is 17.3 Å².